The van der Waals surface area contributed by atoms with Gasteiger partial charge in [-0.2, -0.15) is 0 Å². The molecule has 0 N–H and O–H groups in total. The first-order chi connectivity index (χ1) is 8.35. The van der Waals surface area contributed by atoms with Gasteiger partial charge in [-0.05, 0) is 23.4 Å². The summed E-state index contributed by atoms with van der Waals surface area (Å²) in [7, 11) is 0. The lowest BCUT2D eigenvalue weighted by molar-refractivity contribution is 0.247. The molecule has 0 aliphatic carbocycles. The molecule has 17 heavy (non-hydrogen) atoms. The summed E-state index contributed by atoms with van der Waals surface area (Å²) in [6.45, 7) is 3.16. The zero-order valence-corrected chi connectivity index (χ0v) is 11.7. The maximum atomic E-state index is 5.77. The van der Waals surface area contributed by atoms with Crippen LogP contribution < -0.4 is 0 Å². The van der Waals surface area contributed by atoms with E-state index < -0.39 is 0 Å². The quantitative estimate of drug-likeness (QED) is 0.802. The third-order valence-corrected chi connectivity index (χ3v) is 5.16. The number of thiazole rings is 1. The molecule has 3 rings (SSSR count). The van der Waals surface area contributed by atoms with Crippen molar-refractivity contribution in [2.75, 3.05) is 6.54 Å². The van der Waals surface area contributed by atoms with Crippen molar-refractivity contribution in [2.45, 2.75) is 25.4 Å². The molecule has 0 unspecified atom stereocenters. The lowest BCUT2D eigenvalue weighted by Gasteiger charge is -2.25. The van der Waals surface area contributed by atoms with Gasteiger partial charge in [0.15, 0.2) is 0 Å². The maximum Gasteiger partial charge on any atom is 0.107 e. The van der Waals surface area contributed by atoms with Crippen LogP contribution in [0, 0.1) is 0 Å². The summed E-state index contributed by atoms with van der Waals surface area (Å²) < 4.78 is 0. The summed E-state index contributed by atoms with van der Waals surface area (Å²) in [5.41, 5.74) is 2.50. The van der Waals surface area contributed by atoms with Gasteiger partial charge in [0.25, 0.3) is 0 Å². The van der Waals surface area contributed by atoms with Crippen LogP contribution in [0.2, 0.25) is 0 Å². The average Bonchev–Trinajstić information content (AvgIpc) is 2.96. The van der Waals surface area contributed by atoms with Crippen LogP contribution in [0.25, 0.3) is 0 Å². The Bertz CT molecular complexity index is 506. The highest BCUT2D eigenvalue weighted by Crippen LogP contribution is 2.25. The zero-order valence-electron chi connectivity index (χ0n) is 9.36. The molecule has 1 aliphatic heterocycles. The van der Waals surface area contributed by atoms with E-state index in [1.54, 1.807) is 16.2 Å². The third-order valence-electron chi connectivity index (χ3n) is 2.98. The molecule has 0 amide bonds. The monoisotopic (exact) mass is 284 g/mol. The van der Waals surface area contributed by atoms with Gasteiger partial charge >= 0.3 is 0 Å². The van der Waals surface area contributed by atoms with E-state index in [1.165, 1.54) is 17.0 Å². The zero-order chi connectivity index (χ0) is 11.7. The molecule has 1 aliphatic rings. The number of fused-ring (bicyclic) bond motifs is 1. The van der Waals surface area contributed by atoms with E-state index in [0.29, 0.717) is 5.88 Å². The molecule has 0 saturated carbocycles. The molecule has 0 atom stereocenters. The predicted molar refractivity (Wildman–Crippen MR) is 73.8 cm³/mol. The van der Waals surface area contributed by atoms with Crippen molar-refractivity contribution < 1.29 is 0 Å². The van der Waals surface area contributed by atoms with Gasteiger partial charge < -0.3 is 0 Å². The van der Waals surface area contributed by atoms with E-state index in [-0.39, 0.29) is 0 Å². The first-order valence-electron chi connectivity index (χ1n) is 5.62. The minimum absolute atomic E-state index is 0.519. The van der Waals surface area contributed by atoms with E-state index in [0.717, 1.165) is 25.3 Å². The SMILES string of the molecule is ClCc1csc(CN2CCc3sccc3C2)n1. The second-order valence-corrected chi connectivity index (χ2v) is 6.41. The molecule has 90 valence electrons. The predicted octanol–water partition coefficient (Wildman–Crippen LogP) is 3.50. The molecule has 2 aromatic heterocycles. The molecule has 0 saturated heterocycles. The van der Waals surface area contributed by atoms with Crippen LogP contribution in [0.3, 0.4) is 0 Å². The number of hydrogen-bond donors (Lipinski definition) is 0. The summed E-state index contributed by atoms with van der Waals surface area (Å²) in [5, 5.41) is 5.44. The number of thiophene rings is 1. The normalized spacial score (nSPS) is 16.1. The van der Waals surface area contributed by atoms with Crippen molar-refractivity contribution in [1.29, 1.82) is 0 Å². The first kappa shape index (κ1) is 11.7. The van der Waals surface area contributed by atoms with Crippen LogP contribution in [-0.4, -0.2) is 16.4 Å². The second-order valence-electron chi connectivity index (χ2n) is 4.20. The minimum Gasteiger partial charge on any atom is -0.292 e. The Morgan fingerprint density at radius 1 is 1.41 bits per heavy atom. The smallest absolute Gasteiger partial charge is 0.107 e. The van der Waals surface area contributed by atoms with Crippen molar-refractivity contribution in [3.05, 3.63) is 38.0 Å². The number of hydrogen-bond acceptors (Lipinski definition) is 4. The van der Waals surface area contributed by atoms with E-state index in [4.69, 9.17) is 11.6 Å². The van der Waals surface area contributed by atoms with Gasteiger partial charge in [-0.15, -0.1) is 34.3 Å². The van der Waals surface area contributed by atoms with Crippen LogP contribution >= 0.6 is 34.3 Å². The summed E-state index contributed by atoms with van der Waals surface area (Å²) in [6.07, 6.45) is 1.18. The Morgan fingerprint density at radius 2 is 2.35 bits per heavy atom. The molecule has 0 radical (unpaired) electrons. The molecule has 0 aromatic carbocycles. The van der Waals surface area contributed by atoms with Gasteiger partial charge in [-0.3, -0.25) is 4.90 Å². The fourth-order valence-electron chi connectivity index (χ4n) is 2.12. The minimum atomic E-state index is 0.519. The first-order valence-corrected chi connectivity index (χ1v) is 7.91. The molecule has 0 bridgehead atoms. The van der Waals surface area contributed by atoms with Crippen molar-refractivity contribution >= 4 is 34.3 Å². The Balaban J connectivity index is 1.67. The van der Waals surface area contributed by atoms with E-state index in [1.807, 2.05) is 11.3 Å². The van der Waals surface area contributed by atoms with Crippen LogP contribution in [0.5, 0.6) is 0 Å². The van der Waals surface area contributed by atoms with Gasteiger partial charge in [-0.1, -0.05) is 0 Å². The third kappa shape index (κ3) is 2.55. The Morgan fingerprint density at radius 3 is 3.18 bits per heavy atom. The summed E-state index contributed by atoms with van der Waals surface area (Å²) in [5.74, 6) is 0.519. The number of alkyl halides is 1. The lowest BCUT2D eigenvalue weighted by atomic mass is 10.1. The topological polar surface area (TPSA) is 16.1 Å². The second kappa shape index (κ2) is 5.06. The van der Waals surface area contributed by atoms with Gasteiger partial charge in [0.1, 0.15) is 5.01 Å². The van der Waals surface area contributed by atoms with Crippen molar-refractivity contribution in [3.8, 4) is 0 Å². The molecule has 2 nitrogen and oxygen atoms in total. The fourth-order valence-corrected chi connectivity index (χ4v) is 4.07. The largest absolute Gasteiger partial charge is 0.292 e. The summed E-state index contributed by atoms with van der Waals surface area (Å²) in [6, 6.07) is 2.25. The highest BCUT2D eigenvalue weighted by molar-refractivity contribution is 7.10. The van der Waals surface area contributed by atoms with Gasteiger partial charge in [0.05, 0.1) is 18.1 Å². The van der Waals surface area contributed by atoms with Crippen LogP contribution in [-0.2, 0) is 25.4 Å². The van der Waals surface area contributed by atoms with Crippen molar-refractivity contribution in [1.82, 2.24) is 9.88 Å². The van der Waals surface area contributed by atoms with E-state index >= 15 is 0 Å². The maximum absolute atomic E-state index is 5.77. The highest BCUT2D eigenvalue weighted by Gasteiger charge is 2.18. The number of rotatable bonds is 3. The molecule has 3 heterocycles. The summed E-state index contributed by atoms with van der Waals surface area (Å²) in [4.78, 5) is 8.54. The molecule has 0 fully saturated rings. The lowest BCUT2D eigenvalue weighted by Crippen LogP contribution is -2.29. The number of nitrogens with zero attached hydrogens (tertiary/aromatic N) is 2. The van der Waals surface area contributed by atoms with E-state index in [9.17, 15) is 0 Å². The highest BCUT2D eigenvalue weighted by atomic mass is 35.5. The van der Waals surface area contributed by atoms with Gasteiger partial charge in [0, 0.05) is 23.3 Å². The Hall–Kier alpha value is -0.420. The Kier molecular flexibility index (Phi) is 3.47. The number of aromatic nitrogens is 1. The summed E-state index contributed by atoms with van der Waals surface area (Å²) >= 11 is 9.37. The van der Waals surface area contributed by atoms with Crippen LogP contribution in [0.4, 0.5) is 0 Å². The molecule has 0 spiro atoms. The van der Waals surface area contributed by atoms with Gasteiger partial charge in [-0.25, -0.2) is 4.98 Å². The van der Waals surface area contributed by atoms with Gasteiger partial charge in [0.2, 0.25) is 0 Å². The molecule has 2 aromatic rings. The van der Waals surface area contributed by atoms with E-state index in [2.05, 4.69) is 26.7 Å². The average molecular weight is 285 g/mol. The van der Waals surface area contributed by atoms with Crippen molar-refractivity contribution in [2.24, 2.45) is 0 Å². The number of halogens is 1. The molecular formula is C12H13ClN2S2. The fraction of sp³-hybridized carbons (Fsp3) is 0.417. The van der Waals surface area contributed by atoms with Crippen LogP contribution in [0.1, 0.15) is 21.1 Å². The standard InChI is InChI=1S/C12H13ClN2S2/c13-5-10-8-17-12(14-10)7-15-3-1-11-9(6-15)2-4-16-11/h2,4,8H,1,3,5-7H2. The molecular weight excluding hydrogens is 272 g/mol. The Labute approximate surface area is 114 Å². The molecule has 5 heteroatoms. The van der Waals surface area contributed by atoms with Crippen LogP contribution in [0.15, 0.2) is 16.8 Å². The van der Waals surface area contributed by atoms with Crippen molar-refractivity contribution in [3.63, 3.8) is 0 Å².